The standard InChI is InChI=1S/C3H6S4/c4-6-7-5-3-1-2-3/h3-4H,1-2H2. The van der Waals surface area contributed by atoms with Crippen molar-refractivity contribution in [1.82, 2.24) is 0 Å². The van der Waals surface area contributed by atoms with E-state index in [1.54, 1.807) is 19.7 Å². The summed E-state index contributed by atoms with van der Waals surface area (Å²) in [6.45, 7) is 0. The minimum atomic E-state index is 0.963. The van der Waals surface area contributed by atoms with Gasteiger partial charge in [-0.2, -0.15) is 0 Å². The number of rotatable bonds is 3. The molecule has 0 aromatic carbocycles. The van der Waals surface area contributed by atoms with Crippen molar-refractivity contribution in [2.75, 3.05) is 0 Å². The molecular weight excluding hydrogens is 164 g/mol. The molecular formula is C3H6S4. The molecule has 0 aromatic rings. The fourth-order valence-electron chi connectivity index (χ4n) is 0.237. The Kier molecular flexibility index (Phi) is 3.19. The normalized spacial score (nSPS) is 20.1. The number of thiol groups is 1. The largest absolute Gasteiger partial charge is 0.0989 e. The quantitative estimate of drug-likeness (QED) is 0.511. The van der Waals surface area contributed by atoms with Crippen LogP contribution in [0.1, 0.15) is 12.8 Å². The molecule has 0 aromatic heterocycles. The summed E-state index contributed by atoms with van der Waals surface area (Å²) >= 11 is 3.98. The molecule has 0 amide bonds. The van der Waals surface area contributed by atoms with Crippen molar-refractivity contribution in [3.8, 4) is 0 Å². The number of hydrogen-bond donors (Lipinski definition) is 1. The molecule has 0 N–H and O–H groups in total. The van der Waals surface area contributed by atoms with Gasteiger partial charge in [0.2, 0.25) is 0 Å². The fourth-order valence-corrected chi connectivity index (χ4v) is 3.99. The van der Waals surface area contributed by atoms with E-state index in [1.807, 2.05) is 10.8 Å². The van der Waals surface area contributed by atoms with Crippen LogP contribution in [0.2, 0.25) is 0 Å². The Balaban J connectivity index is 1.80. The van der Waals surface area contributed by atoms with Gasteiger partial charge in [-0.1, -0.05) is 22.5 Å². The average molecular weight is 170 g/mol. The highest BCUT2D eigenvalue weighted by Crippen LogP contribution is 2.47. The van der Waals surface area contributed by atoms with E-state index in [4.69, 9.17) is 0 Å². The minimum absolute atomic E-state index is 0.963. The van der Waals surface area contributed by atoms with Crippen molar-refractivity contribution in [1.29, 1.82) is 0 Å². The molecule has 0 heterocycles. The second-order valence-electron chi connectivity index (χ2n) is 1.44. The maximum Gasteiger partial charge on any atom is 0.0160 e. The van der Waals surface area contributed by atoms with Gasteiger partial charge in [0.25, 0.3) is 0 Å². The second kappa shape index (κ2) is 3.43. The summed E-state index contributed by atoms with van der Waals surface area (Å²) in [4.78, 5) is 0. The highest BCUT2D eigenvalue weighted by Gasteiger charge is 2.21. The predicted molar refractivity (Wildman–Crippen MR) is 44.8 cm³/mol. The molecule has 1 rings (SSSR count). The van der Waals surface area contributed by atoms with Gasteiger partial charge in [-0.3, -0.25) is 0 Å². The van der Waals surface area contributed by atoms with Crippen molar-refractivity contribution in [2.45, 2.75) is 18.1 Å². The lowest BCUT2D eigenvalue weighted by Gasteiger charge is -1.86. The van der Waals surface area contributed by atoms with Crippen LogP contribution in [0.5, 0.6) is 0 Å². The molecule has 0 nitrogen and oxygen atoms in total. The van der Waals surface area contributed by atoms with Gasteiger partial charge in [-0.05, 0) is 32.5 Å². The van der Waals surface area contributed by atoms with Crippen LogP contribution in [0.3, 0.4) is 0 Å². The molecule has 1 aliphatic rings. The molecule has 4 heteroatoms. The van der Waals surface area contributed by atoms with E-state index in [2.05, 4.69) is 11.7 Å². The Morgan fingerprint density at radius 1 is 1.43 bits per heavy atom. The van der Waals surface area contributed by atoms with Gasteiger partial charge in [0.1, 0.15) is 0 Å². The third-order valence-electron chi connectivity index (χ3n) is 0.730. The van der Waals surface area contributed by atoms with E-state index in [-0.39, 0.29) is 0 Å². The van der Waals surface area contributed by atoms with Crippen LogP contribution in [0, 0.1) is 0 Å². The molecule has 7 heavy (non-hydrogen) atoms. The van der Waals surface area contributed by atoms with Gasteiger partial charge in [-0.25, -0.2) is 0 Å². The first-order valence-corrected chi connectivity index (χ1v) is 6.67. The Hall–Kier alpha value is 1.40. The van der Waals surface area contributed by atoms with Crippen LogP contribution in [0.4, 0.5) is 0 Å². The highest BCUT2D eigenvalue weighted by atomic mass is 33.7. The first-order valence-electron chi connectivity index (χ1n) is 2.07. The zero-order chi connectivity index (χ0) is 5.11. The van der Waals surface area contributed by atoms with E-state index < -0.39 is 0 Å². The van der Waals surface area contributed by atoms with Gasteiger partial charge < -0.3 is 0 Å². The third kappa shape index (κ3) is 3.06. The van der Waals surface area contributed by atoms with Crippen LogP contribution in [0.25, 0.3) is 0 Å². The van der Waals surface area contributed by atoms with Crippen LogP contribution in [0.15, 0.2) is 0 Å². The maximum atomic E-state index is 3.98. The molecule has 1 saturated carbocycles. The van der Waals surface area contributed by atoms with Crippen molar-refractivity contribution < 1.29 is 0 Å². The van der Waals surface area contributed by atoms with E-state index >= 15 is 0 Å². The zero-order valence-corrected chi connectivity index (χ0v) is 7.01. The fraction of sp³-hybridized carbons (Fsp3) is 1.00. The van der Waals surface area contributed by atoms with Crippen LogP contribution >= 0.6 is 42.1 Å². The molecule has 42 valence electrons. The van der Waals surface area contributed by atoms with E-state index in [9.17, 15) is 0 Å². The van der Waals surface area contributed by atoms with E-state index in [0.717, 1.165) is 5.25 Å². The van der Waals surface area contributed by atoms with Crippen molar-refractivity contribution >= 4 is 42.1 Å². The highest BCUT2D eigenvalue weighted by molar-refractivity contribution is 9.24. The summed E-state index contributed by atoms with van der Waals surface area (Å²) in [6, 6.07) is 0. The maximum absolute atomic E-state index is 3.98. The minimum Gasteiger partial charge on any atom is -0.0989 e. The molecule has 0 unspecified atom stereocenters. The lowest BCUT2D eigenvalue weighted by molar-refractivity contribution is 1.50. The van der Waals surface area contributed by atoms with Gasteiger partial charge >= 0.3 is 0 Å². The lowest BCUT2D eigenvalue weighted by atomic mass is 11.0. The number of hydrogen-bond acceptors (Lipinski definition) is 4. The average Bonchev–Trinajstić information content (AvgIpc) is 2.42. The lowest BCUT2D eigenvalue weighted by Crippen LogP contribution is -1.56. The summed E-state index contributed by atoms with van der Waals surface area (Å²) in [5.74, 6) is 0. The van der Waals surface area contributed by atoms with Crippen molar-refractivity contribution in [3.05, 3.63) is 0 Å². The second-order valence-corrected chi connectivity index (χ2v) is 6.58. The Labute approximate surface area is 60.2 Å². The molecule has 0 aliphatic heterocycles. The summed E-state index contributed by atoms with van der Waals surface area (Å²) < 4.78 is 0. The van der Waals surface area contributed by atoms with Crippen LogP contribution in [-0.4, -0.2) is 5.25 Å². The molecule has 0 saturated heterocycles. The van der Waals surface area contributed by atoms with Gasteiger partial charge in [0.05, 0.1) is 0 Å². The monoisotopic (exact) mass is 170 g/mol. The topological polar surface area (TPSA) is 0 Å². The molecule has 0 bridgehead atoms. The predicted octanol–water partition coefficient (Wildman–Crippen LogP) is 3.02. The summed E-state index contributed by atoms with van der Waals surface area (Å²) in [5.41, 5.74) is 0. The van der Waals surface area contributed by atoms with Crippen LogP contribution < -0.4 is 0 Å². The van der Waals surface area contributed by atoms with E-state index in [1.165, 1.54) is 12.8 Å². The zero-order valence-electron chi connectivity index (χ0n) is 3.66. The first kappa shape index (κ1) is 6.52. The summed E-state index contributed by atoms with van der Waals surface area (Å²) in [5, 5.41) is 0.963. The Bertz CT molecular complexity index is 50.9. The smallest absolute Gasteiger partial charge is 0.0160 e. The summed E-state index contributed by atoms with van der Waals surface area (Å²) in [7, 11) is 5.27. The van der Waals surface area contributed by atoms with Crippen molar-refractivity contribution in [3.63, 3.8) is 0 Å². The molecule has 1 fully saturated rings. The molecule has 0 atom stereocenters. The Morgan fingerprint density at radius 3 is 2.57 bits per heavy atom. The van der Waals surface area contributed by atoms with Crippen LogP contribution in [-0.2, 0) is 0 Å². The van der Waals surface area contributed by atoms with Gasteiger partial charge in [0.15, 0.2) is 0 Å². The summed E-state index contributed by atoms with van der Waals surface area (Å²) in [6.07, 6.45) is 2.85. The first-order chi connectivity index (χ1) is 3.43. The molecule has 0 radical (unpaired) electrons. The SMILES string of the molecule is SSSSC1CC1. The molecule has 1 aliphatic carbocycles. The van der Waals surface area contributed by atoms with Gasteiger partial charge in [0, 0.05) is 5.25 Å². The van der Waals surface area contributed by atoms with E-state index in [0.29, 0.717) is 0 Å². The Morgan fingerprint density at radius 2 is 2.14 bits per heavy atom. The van der Waals surface area contributed by atoms with Crippen molar-refractivity contribution in [2.24, 2.45) is 0 Å². The third-order valence-corrected chi connectivity index (χ3v) is 5.75. The molecule has 0 spiro atoms. The van der Waals surface area contributed by atoms with Gasteiger partial charge in [-0.15, -0.1) is 0 Å².